The van der Waals surface area contributed by atoms with Crippen LogP contribution in [0, 0.1) is 17.8 Å². The van der Waals surface area contributed by atoms with E-state index in [9.17, 15) is 0 Å². The monoisotopic (exact) mass is 305 g/mol. The molecule has 0 unspecified atom stereocenters. The van der Waals surface area contributed by atoms with E-state index in [-0.39, 0.29) is 10.8 Å². The van der Waals surface area contributed by atoms with E-state index in [4.69, 9.17) is 8.94 Å². The first-order chi connectivity index (χ1) is 10.1. The molecule has 0 aromatic carbocycles. The molecule has 0 N–H and O–H groups in total. The number of aryl methyl sites for hydroxylation is 2. The van der Waals surface area contributed by atoms with Crippen LogP contribution in [0.1, 0.15) is 64.3 Å². The molecule has 0 bridgehead atoms. The predicted octanol–water partition coefficient (Wildman–Crippen LogP) is 4.16. The number of aromatic nitrogens is 3. The molecule has 0 atom stereocenters. The molecule has 0 aliphatic rings. The van der Waals surface area contributed by atoms with Crippen LogP contribution in [0.2, 0.25) is 0 Å². The van der Waals surface area contributed by atoms with E-state index in [0.717, 1.165) is 37.1 Å². The molecule has 2 aromatic rings. The Morgan fingerprint density at radius 1 is 1.05 bits per heavy atom. The zero-order valence-corrected chi connectivity index (χ0v) is 14.6. The lowest BCUT2D eigenvalue weighted by molar-refractivity contribution is 0.290. The van der Waals surface area contributed by atoms with Crippen LogP contribution in [0.3, 0.4) is 0 Å². The highest BCUT2D eigenvalue weighted by molar-refractivity contribution is 5.07. The average molecular weight is 305 g/mol. The van der Waals surface area contributed by atoms with Gasteiger partial charge in [-0.1, -0.05) is 39.8 Å². The fourth-order valence-corrected chi connectivity index (χ4v) is 2.45. The first kappa shape index (κ1) is 16.7. The van der Waals surface area contributed by atoms with Crippen molar-refractivity contribution in [1.29, 1.82) is 0 Å². The first-order valence-electron chi connectivity index (χ1n) is 7.86. The van der Waals surface area contributed by atoms with Gasteiger partial charge in [-0.2, -0.15) is 0 Å². The molecule has 2 aromatic heterocycles. The zero-order valence-electron chi connectivity index (χ0n) is 14.6. The summed E-state index contributed by atoms with van der Waals surface area (Å²) in [6.45, 7) is 12.8. The van der Waals surface area contributed by atoms with Crippen molar-refractivity contribution < 1.29 is 8.94 Å². The third kappa shape index (κ3) is 5.28. The van der Waals surface area contributed by atoms with Gasteiger partial charge in [0.1, 0.15) is 5.76 Å². The molecule has 122 valence electrons. The van der Waals surface area contributed by atoms with Crippen LogP contribution in [0.5, 0.6) is 0 Å². The van der Waals surface area contributed by atoms with Gasteiger partial charge in [0.2, 0.25) is 11.8 Å². The van der Waals surface area contributed by atoms with Crippen LogP contribution in [0.25, 0.3) is 0 Å². The molecule has 0 aliphatic carbocycles. The predicted molar refractivity (Wildman–Crippen MR) is 84.5 cm³/mol. The van der Waals surface area contributed by atoms with Crippen molar-refractivity contribution in [3.8, 4) is 0 Å². The summed E-state index contributed by atoms with van der Waals surface area (Å²) in [5.74, 6) is 2.29. The van der Waals surface area contributed by atoms with E-state index in [2.05, 4.69) is 56.0 Å². The summed E-state index contributed by atoms with van der Waals surface area (Å²) in [6.07, 6.45) is 3.58. The van der Waals surface area contributed by atoms with Gasteiger partial charge in [-0.05, 0) is 23.7 Å². The average Bonchev–Trinajstić information content (AvgIpc) is 2.94. The van der Waals surface area contributed by atoms with Crippen LogP contribution in [-0.2, 0) is 19.3 Å². The zero-order chi connectivity index (χ0) is 16.4. The SMILES string of the molecule is Cc1nnc(CC(C)(C)CCc2cc(CC(C)(C)C)on2)o1. The lowest BCUT2D eigenvalue weighted by Gasteiger charge is -2.21. The summed E-state index contributed by atoms with van der Waals surface area (Å²) in [5.41, 5.74) is 1.32. The summed E-state index contributed by atoms with van der Waals surface area (Å²) in [4.78, 5) is 0. The van der Waals surface area contributed by atoms with Crippen LogP contribution in [-0.4, -0.2) is 15.4 Å². The second kappa shape index (κ2) is 6.23. The quantitative estimate of drug-likeness (QED) is 0.802. The van der Waals surface area contributed by atoms with E-state index in [0.29, 0.717) is 11.8 Å². The van der Waals surface area contributed by atoms with E-state index < -0.39 is 0 Å². The molecule has 0 aliphatic heterocycles. The Kier molecular flexibility index (Phi) is 4.73. The summed E-state index contributed by atoms with van der Waals surface area (Å²) in [5, 5.41) is 12.2. The summed E-state index contributed by atoms with van der Waals surface area (Å²) >= 11 is 0. The van der Waals surface area contributed by atoms with Gasteiger partial charge >= 0.3 is 0 Å². The molecule has 2 rings (SSSR count). The third-order valence-corrected chi connectivity index (χ3v) is 3.57. The lowest BCUT2D eigenvalue weighted by Crippen LogP contribution is -2.16. The van der Waals surface area contributed by atoms with Crippen molar-refractivity contribution >= 4 is 0 Å². The Hall–Kier alpha value is -1.65. The highest BCUT2D eigenvalue weighted by Gasteiger charge is 2.23. The molecule has 0 amide bonds. The van der Waals surface area contributed by atoms with Crippen molar-refractivity contribution in [1.82, 2.24) is 15.4 Å². The third-order valence-electron chi connectivity index (χ3n) is 3.57. The van der Waals surface area contributed by atoms with Gasteiger partial charge in [0.25, 0.3) is 0 Å². The number of nitrogens with zero attached hydrogens (tertiary/aromatic N) is 3. The molecule has 5 nitrogen and oxygen atoms in total. The van der Waals surface area contributed by atoms with Crippen molar-refractivity contribution in [2.75, 3.05) is 0 Å². The van der Waals surface area contributed by atoms with Gasteiger partial charge < -0.3 is 8.94 Å². The second-order valence-corrected chi connectivity index (χ2v) is 8.08. The highest BCUT2D eigenvalue weighted by atomic mass is 16.5. The molecule has 0 spiro atoms. The fourth-order valence-electron chi connectivity index (χ4n) is 2.45. The van der Waals surface area contributed by atoms with Crippen LogP contribution < -0.4 is 0 Å². The van der Waals surface area contributed by atoms with Crippen molar-refractivity contribution in [3.05, 3.63) is 29.3 Å². The van der Waals surface area contributed by atoms with Crippen LogP contribution >= 0.6 is 0 Å². The van der Waals surface area contributed by atoms with Gasteiger partial charge in [0, 0.05) is 25.8 Å². The highest BCUT2D eigenvalue weighted by Crippen LogP contribution is 2.28. The largest absolute Gasteiger partial charge is 0.426 e. The minimum absolute atomic E-state index is 0.0854. The van der Waals surface area contributed by atoms with Gasteiger partial charge in [0.15, 0.2) is 0 Å². The minimum Gasteiger partial charge on any atom is -0.426 e. The van der Waals surface area contributed by atoms with E-state index >= 15 is 0 Å². The van der Waals surface area contributed by atoms with Crippen LogP contribution in [0.15, 0.2) is 15.0 Å². The Morgan fingerprint density at radius 3 is 2.36 bits per heavy atom. The molecule has 2 heterocycles. The molecule has 22 heavy (non-hydrogen) atoms. The molecule has 0 saturated heterocycles. The van der Waals surface area contributed by atoms with E-state index in [1.54, 1.807) is 0 Å². The lowest BCUT2D eigenvalue weighted by atomic mass is 9.83. The van der Waals surface area contributed by atoms with E-state index in [1.165, 1.54) is 0 Å². The van der Waals surface area contributed by atoms with Gasteiger partial charge in [-0.3, -0.25) is 0 Å². The van der Waals surface area contributed by atoms with Gasteiger partial charge in [-0.15, -0.1) is 10.2 Å². The Labute approximate surface area is 132 Å². The molecular weight excluding hydrogens is 278 g/mol. The Bertz CT molecular complexity index is 605. The standard InChI is InChI=1S/C17H27N3O2/c1-12-18-19-15(21-12)11-17(5,6)8-7-13-9-14(22-20-13)10-16(2,3)4/h9H,7-8,10-11H2,1-6H3. The minimum atomic E-state index is 0.0854. The summed E-state index contributed by atoms with van der Waals surface area (Å²) < 4.78 is 10.9. The molecule has 0 radical (unpaired) electrons. The topological polar surface area (TPSA) is 65.0 Å². The van der Waals surface area contributed by atoms with Crippen molar-refractivity contribution in [2.24, 2.45) is 10.8 Å². The first-order valence-corrected chi connectivity index (χ1v) is 7.86. The smallest absolute Gasteiger partial charge is 0.217 e. The summed E-state index contributed by atoms with van der Waals surface area (Å²) in [6, 6.07) is 2.08. The van der Waals surface area contributed by atoms with Gasteiger partial charge in [0.05, 0.1) is 5.69 Å². The Morgan fingerprint density at radius 2 is 1.77 bits per heavy atom. The maximum absolute atomic E-state index is 5.47. The second-order valence-electron chi connectivity index (χ2n) is 8.08. The normalized spacial score (nSPS) is 12.8. The molecule has 0 saturated carbocycles. The van der Waals surface area contributed by atoms with Gasteiger partial charge in [-0.25, -0.2) is 0 Å². The van der Waals surface area contributed by atoms with Crippen molar-refractivity contribution in [3.63, 3.8) is 0 Å². The Balaban J connectivity index is 1.88. The molecule has 5 heteroatoms. The van der Waals surface area contributed by atoms with Crippen molar-refractivity contribution in [2.45, 2.75) is 67.2 Å². The van der Waals surface area contributed by atoms with E-state index in [1.807, 2.05) is 6.92 Å². The summed E-state index contributed by atoms with van der Waals surface area (Å²) in [7, 11) is 0. The number of rotatable bonds is 6. The molecular formula is C17H27N3O2. The maximum atomic E-state index is 5.47. The maximum Gasteiger partial charge on any atom is 0.217 e. The fraction of sp³-hybridized carbons (Fsp3) is 0.706. The number of hydrogen-bond acceptors (Lipinski definition) is 5. The van der Waals surface area contributed by atoms with Crippen LogP contribution in [0.4, 0.5) is 0 Å². The molecule has 0 fully saturated rings. The number of hydrogen-bond donors (Lipinski definition) is 0.